The number of aliphatic hydroxyl groups is 1. The van der Waals surface area contributed by atoms with E-state index in [0.717, 1.165) is 35.7 Å². The van der Waals surface area contributed by atoms with Gasteiger partial charge in [-0.15, -0.1) is 0 Å². The number of hydrogen-bond acceptors (Lipinski definition) is 2. The quantitative estimate of drug-likeness (QED) is 0.908. The van der Waals surface area contributed by atoms with E-state index in [2.05, 4.69) is 28.1 Å². The van der Waals surface area contributed by atoms with Gasteiger partial charge in [-0.25, -0.2) is 0 Å². The van der Waals surface area contributed by atoms with Crippen LogP contribution >= 0.6 is 15.9 Å². The molecule has 1 aromatic carbocycles. The van der Waals surface area contributed by atoms with Crippen molar-refractivity contribution in [3.05, 3.63) is 34.3 Å². The van der Waals surface area contributed by atoms with Crippen LogP contribution in [0.4, 0.5) is 0 Å². The summed E-state index contributed by atoms with van der Waals surface area (Å²) in [4.78, 5) is 15.0. The molecule has 0 atom stereocenters. The highest BCUT2D eigenvalue weighted by atomic mass is 79.9. The van der Waals surface area contributed by atoms with Crippen molar-refractivity contribution in [3.63, 3.8) is 0 Å². The fourth-order valence-electron chi connectivity index (χ4n) is 3.72. The Hall–Kier alpha value is -0.870. The number of carbonyl (C=O) groups is 1. The summed E-state index contributed by atoms with van der Waals surface area (Å²) in [5.74, 6) is 0.544. The van der Waals surface area contributed by atoms with Gasteiger partial charge in [0.2, 0.25) is 5.91 Å². The molecule has 0 unspecified atom stereocenters. The van der Waals surface area contributed by atoms with Crippen molar-refractivity contribution in [2.45, 2.75) is 37.5 Å². The molecule has 1 amide bonds. The van der Waals surface area contributed by atoms with E-state index in [1.54, 1.807) is 0 Å². The molecule has 1 heterocycles. The summed E-state index contributed by atoms with van der Waals surface area (Å²) in [7, 11) is 0. The average molecular weight is 352 g/mol. The molecule has 3 nitrogen and oxygen atoms in total. The van der Waals surface area contributed by atoms with Gasteiger partial charge in [-0.2, -0.15) is 0 Å². The first-order valence-corrected chi connectivity index (χ1v) is 8.61. The predicted octanol–water partition coefficient (Wildman–Crippen LogP) is 3.10. The van der Waals surface area contributed by atoms with Crippen molar-refractivity contribution in [1.82, 2.24) is 4.90 Å². The normalized spacial score (nSPS) is 21.9. The molecule has 0 aromatic heterocycles. The topological polar surface area (TPSA) is 40.5 Å². The molecule has 1 aliphatic carbocycles. The molecule has 3 rings (SSSR count). The third-order valence-electron chi connectivity index (χ3n) is 5.00. The van der Waals surface area contributed by atoms with Crippen LogP contribution in [0.3, 0.4) is 0 Å². The van der Waals surface area contributed by atoms with Crippen molar-refractivity contribution in [2.24, 2.45) is 5.92 Å². The van der Waals surface area contributed by atoms with E-state index < -0.39 is 0 Å². The van der Waals surface area contributed by atoms with Crippen LogP contribution in [0.5, 0.6) is 0 Å². The second kappa shape index (κ2) is 6.09. The van der Waals surface area contributed by atoms with Gasteiger partial charge >= 0.3 is 0 Å². The van der Waals surface area contributed by atoms with E-state index in [0.29, 0.717) is 13.1 Å². The standard InChI is InChI=1S/C17H22BrNO2/c18-15-6-4-5-14(9-15)17(7-2-1-3-8-17)16(21)19-10-13(11-19)12-20/h4-6,9,13,20H,1-3,7-8,10-12H2. The monoisotopic (exact) mass is 351 g/mol. The number of aliphatic hydroxyl groups excluding tert-OH is 1. The summed E-state index contributed by atoms with van der Waals surface area (Å²) >= 11 is 3.53. The fraction of sp³-hybridized carbons (Fsp3) is 0.588. The molecule has 1 saturated carbocycles. The lowest BCUT2D eigenvalue weighted by molar-refractivity contribution is -0.146. The van der Waals surface area contributed by atoms with Gasteiger partial charge in [0.25, 0.3) is 0 Å². The molecule has 1 saturated heterocycles. The van der Waals surface area contributed by atoms with Gasteiger partial charge in [-0.05, 0) is 30.5 Å². The van der Waals surface area contributed by atoms with E-state index >= 15 is 0 Å². The second-order valence-corrected chi connectivity index (χ2v) is 7.33. The number of likely N-dealkylation sites (tertiary alicyclic amines) is 1. The van der Waals surface area contributed by atoms with Crippen molar-refractivity contribution in [2.75, 3.05) is 19.7 Å². The molecule has 4 heteroatoms. The average Bonchev–Trinajstić information content (AvgIpc) is 2.47. The zero-order valence-corrected chi connectivity index (χ0v) is 13.8. The fourth-order valence-corrected chi connectivity index (χ4v) is 4.12. The van der Waals surface area contributed by atoms with Crippen LogP contribution in [0, 0.1) is 5.92 Å². The Balaban J connectivity index is 1.88. The zero-order valence-electron chi connectivity index (χ0n) is 12.2. The maximum atomic E-state index is 13.1. The minimum absolute atomic E-state index is 0.188. The molecule has 1 aliphatic heterocycles. The summed E-state index contributed by atoms with van der Waals surface area (Å²) in [6.07, 6.45) is 5.36. The van der Waals surface area contributed by atoms with Crippen molar-refractivity contribution < 1.29 is 9.90 Å². The van der Waals surface area contributed by atoms with Crippen LogP contribution in [-0.2, 0) is 10.2 Å². The third-order valence-corrected chi connectivity index (χ3v) is 5.49. The van der Waals surface area contributed by atoms with Gasteiger partial charge in [0.1, 0.15) is 0 Å². The largest absolute Gasteiger partial charge is 0.396 e. The zero-order chi connectivity index (χ0) is 14.9. The first-order chi connectivity index (χ1) is 10.2. The summed E-state index contributed by atoms with van der Waals surface area (Å²) in [6.45, 7) is 1.61. The van der Waals surface area contributed by atoms with Crippen molar-refractivity contribution in [1.29, 1.82) is 0 Å². The van der Waals surface area contributed by atoms with Crippen molar-refractivity contribution in [3.8, 4) is 0 Å². The number of carbonyl (C=O) groups excluding carboxylic acids is 1. The molecule has 21 heavy (non-hydrogen) atoms. The van der Waals surface area contributed by atoms with Gasteiger partial charge in [-0.1, -0.05) is 47.3 Å². The second-order valence-electron chi connectivity index (χ2n) is 6.41. The number of nitrogens with zero attached hydrogens (tertiary/aromatic N) is 1. The molecule has 1 N–H and O–H groups in total. The van der Waals surface area contributed by atoms with E-state index in [9.17, 15) is 4.79 Å². The van der Waals surface area contributed by atoms with Crippen LogP contribution in [0.15, 0.2) is 28.7 Å². The Bertz CT molecular complexity index is 519. The SMILES string of the molecule is O=C(N1CC(CO)C1)C1(c2cccc(Br)c2)CCCCC1. The summed E-state index contributed by atoms with van der Waals surface area (Å²) in [5.41, 5.74) is 0.802. The number of benzene rings is 1. The minimum Gasteiger partial charge on any atom is -0.396 e. The lowest BCUT2D eigenvalue weighted by atomic mass is 9.68. The molecule has 114 valence electrons. The molecular formula is C17H22BrNO2. The smallest absolute Gasteiger partial charge is 0.233 e. The maximum Gasteiger partial charge on any atom is 0.233 e. The molecule has 2 aliphatic rings. The first kappa shape index (κ1) is 15.0. The molecule has 1 aromatic rings. The van der Waals surface area contributed by atoms with Gasteiger partial charge in [0.15, 0.2) is 0 Å². The number of hydrogen-bond donors (Lipinski definition) is 1. The Morgan fingerprint density at radius 2 is 2.00 bits per heavy atom. The van der Waals surface area contributed by atoms with Crippen LogP contribution in [0.2, 0.25) is 0 Å². The first-order valence-electron chi connectivity index (χ1n) is 7.82. The Kier molecular flexibility index (Phi) is 4.36. The minimum atomic E-state index is -0.345. The van der Waals surface area contributed by atoms with Gasteiger partial charge < -0.3 is 10.0 Å². The lowest BCUT2D eigenvalue weighted by Gasteiger charge is -2.46. The highest BCUT2D eigenvalue weighted by molar-refractivity contribution is 9.10. The van der Waals surface area contributed by atoms with E-state index in [1.807, 2.05) is 17.0 Å². The predicted molar refractivity (Wildman–Crippen MR) is 86.1 cm³/mol. The lowest BCUT2D eigenvalue weighted by Crippen LogP contribution is -2.58. The van der Waals surface area contributed by atoms with Gasteiger partial charge in [0, 0.05) is 30.1 Å². The van der Waals surface area contributed by atoms with Crippen molar-refractivity contribution >= 4 is 21.8 Å². The van der Waals surface area contributed by atoms with Crippen LogP contribution in [0.1, 0.15) is 37.7 Å². The number of halogens is 1. The van der Waals surface area contributed by atoms with Gasteiger partial charge in [0.05, 0.1) is 5.41 Å². The summed E-state index contributed by atoms with van der Waals surface area (Å²) < 4.78 is 1.04. The molecule has 0 bridgehead atoms. The number of rotatable bonds is 3. The highest BCUT2D eigenvalue weighted by Crippen LogP contribution is 2.42. The molecular weight excluding hydrogens is 330 g/mol. The summed E-state index contributed by atoms with van der Waals surface area (Å²) in [5, 5.41) is 9.17. The number of amides is 1. The Morgan fingerprint density at radius 1 is 1.29 bits per heavy atom. The third kappa shape index (κ3) is 2.76. The van der Waals surface area contributed by atoms with Crippen LogP contribution < -0.4 is 0 Å². The molecule has 2 fully saturated rings. The van der Waals surface area contributed by atoms with E-state index in [4.69, 9.17) is 5.11 Å². The Labute approximate surface area is 134 Å². The van der Waals surface area contributed by atoms with Gasteiger partial charge in [-0.3, -0.25) is 4.79 Å². The van der Waals surface area contributed by atoms with E-state index in [-0.39, 0.29) is 23.8 Å². The molecule has 0 radical (unpaired) electrons. The van der Waals surface area contributed by atoms with Crippen LogP contribution in [-0.4, -0.2) is 35.6 Å². The highest BCUT2D eigenvalue weighted by Gasteiger charge is 2.46. The van der Waals surface area contributed by atoms with E-state index in [1.165, 1.54) is 6.42 Å². The summed E-state index contributed by atoms with van der Waals surface area (Å²) in [6, 6.07) is 8.23. The Morgan fingerprint density at radius 3 is 2.62 bits per heavy atom. The van der Waals surface area contributed by atoms with Crippen LogP contribution in [0.25, 0.3) is 0 Å². The maximum absolute atomic E-state index is 13.1. The molecule has 0 spiro atoms.